The van der Waals surface area contributed by atoms with E-state index < -0.39 is 5.60 Å². The van der Waals surface area contributed by atoms with E-state index in [4.69, 9.17) is 15.2 Å². The highest BCUT2D eigenvalue weighted by molar-refractivity contribution is 6.06. The number of anilines is 1. The molecule has 0 saturated heterocycles. The van der Waals surface area contributed by atoms with Crippen molar-refractivity contribution >= 4 is 27.8 Å². The maximum atomic E-state index is 10.3. The van der Waals surface area contributed by atoms with Gasteiger partial charge >= 0.3 is 0 Å². The molecule has 0 radical (unpaired) electrons. The second-order valence-corrected chi connectivity index (χ2v) is 6.06. The van der Waals surface area contributed by atoms with Crippen LogP contribution in [0.25, 0.3) is 21.9 Å². The molecule has 0 aliphatic rings. The Morgan fingerprint density at radius 1 is 1.26 bits per heavy atom. The number of methoxy groups -OCH3 is 1. The maximum absolute atomic E-state index is 10.3. The maximum Gasteiger partial charge on any atom is 0.299 e. The summed E-state index contributed by atoms with van der Waals surface area (Å²) < 4.78 is 12.3. The predicted octanol–water partition coefficient (Wildman–Crippen LogP) is 1.92. The highest BCUT2D eigenvalue weighted by Crippen LogP contribution is 2.32. The van der Waals surface area contributed by atoms with Crippen LogP contribution >= 0.6 is 0 Å². The summed E-state index contributed by atoms with van der Waals surface area (Å²) in [5.41, 5.74) is 7.23. The molecule has 3 rings (SSSR count). The van der Waals surface area contributed by atoms with Crippen molar-refractivity contribution in [1.82, 2.24) is 14.5 Å². The van der Waals surface area contributed by atoms with Crippen LogP contribution in [-0.4, -0.2) is 39.1 Å². The summed E-state index contributed by atoms with van der Waals surface area (Å²) in [5, 5.41) is 11.2. The molecular formula is C16H20N4O3. The van der Waals surface area contributed by atoms with Gasteiger partial charge in [-0.05, 0) is 19.9 Å². The molecule has 1 aromatic carbocycles. The summed E-state index contributed by atoms with van der Waals surface area (Å²) in [6, 6.07) is 8.01. The van der Waals surface area contributed by atoms with Crippen molar-refractivity contribution in [2.24, 2.45) is 0 Å². The number of para-hydroxylation sites is 1. The lowest BCUT2D eigenvalue weighted by atomic mass is 10.1. The van der Waals surface area contributed by atoms with Gasteiger partial charge in [-0.25, -0.2) is 4.98 Å². The van der Waals surface area contributed by atoms with Crippen LogP contribution in [0.5, 0.6) is 6.01 Å². The zero-order valence-corrected chi connectivity index (χ0v) is 13.4. The van der Waals surface area contributed by atoms with E-state index in [-0.39, 0.29) is 6.79 Å². The zero-order valence-electron chi connectivity index (χ0n) is 13.4. The highest BCUT2D eigenvalue weighted by Gasteiger charge is 2.23. The van der Waals surface area contributed by atoms with E-state index >= 15 is 0 Å². The minimum atomic E-state index is -0.946. The summed E-state index contributed by atoms with van der Waals surface area (Å²) in [6.07, 6.45) is 0. The number of nitrogens with two attached hydrogens (primary N) is 1. The fourth-order valence-electron chi connectivity index (χ4n) is 2.59. The molecule has 3 N–H and O–H groups in total. The van der Waals surface area contributed by atoms with Crippen molar-refractivity contribution in [3.8, 4) is 6.01 Å². The number of fused-ring (bicyclic) bond motifs is 3. The number of aromatic nitrogens is 3. The molecule has 2 aromatic heterocycles. The van der Waals surface area contributed by atoms with Crippen LogP contribution in [0, 0.1) is 0 Å². The smallest absolute Gasteiger partial charge is 0.299 e. The Kier molecular flexibility index (Phi) is 3.83. The largest absolute Gasteiger partial charge is 0.437 e. The quantitative estimate of drug-likeness (QED) is 0.698. The van der Waals surface area contributed by atoms with Crippen molar-refractivity contribution in [1.29, 1.82) is 0 Å². The van der Waals surface area contributed by atoms with Crippen molar-refractivity contribution in [3.63, 3.8) is 0 Å². The summed E-state index contributed by atoms with van der Waals surface area (Å²) >= 11 is 0. The second kappa shape index (κ2) is 5.68. The van der Waals surface area contributed by atoms with Crippen LogP contribution in [-0.2, 0) is 11.3 Å². The summed E-state index contributed by atoms with van der Waals surface area (Å²) in [4.78, 5) is 8.83. The normalized spacial score (nSPS) is 12.2. The Morgan fingerprint density at radius 3 is 2.70 bits per heavy atom. The average molecular weight is 316 g/mol. The van der Waals surface area contributed by atoms with Gasteiger partial charge in [0.05, 0.1) is 23.2 Å². The molecular weight excluding hydrogens is 296 g/mol. The predicted molar refractivity (Wildman–Crippen MR) is 88.2 cm³/mol. The van der Waals surface area contributed by atoms with E-state index in [1.165, 1.54) is 7.11 Å². The van der Waals surface area contributed by atoms with Crippen molar-refractivity contribution in [2.75, 3.05) is 19.6 Å². The van der Waals surface area contributed by atoms with Gasteiger partial charge < -0.3 is 20.3 Å². The number of benzene rings is 1. The van der Waals surface area contributed by atoms with E-state index in [1.54, 1.807) is 13.8 Å². The third-order valence-corrected chi connectivity index (χ3v) is 3.43. The summed E-state index contributed by atoms with van der Waals surface area (Å²) in [5.74, 6) is 0.329. The number of hydrogen-bond donors (Lipinski definition) is 2. The fraction of sp³-hybridized carbons (Fsp3) is 0.375. The molecule has 2 heterocycles. The molecule has 0 aliphatic carbocycles. The minimum absolute atomic E-state index is 0.0560. The number of rotatable bonds is 5. The van der Waals surface area contributed by atoms with Crippen LogP contribution in [0.4, 0.5) is 5.82 Å². The monoisotopic (exact) mass is 316 g/mol. The molecule has 0 unspecified atom stereocenters. The lowest BCUT2D eigenvalue weighted by Crippen LogP contribution is -2.26. The van der Waals surface area contributed by atoms with Gasteiger partial charge in [-0.1, -0.05) is 18.2 Å². The van der Waals surface area contributed by atoms with Crippen LogP contribution < -0.4 is 10.5 Å². The first kappa shape index (κ1) is 15.5. The standard InChI is InChI=1S/C16H20N4O3/c1-16(2,21)8-20-13-10-6-4-5-7-11(10)18-14(17)12(13)19-15(20)23-9-22-3/h4-7,21H,8-9H2,1-3H3,(H2,17,18). The Balaban J connectivity index is 2.32. The van der Waals surface area contributed by atoms with Gasteiger partial charge in [0.25, 0.3) is 6.01 Å². The topological polar surface area (TPSA) is 95.4 Å². The van der Waals surface area contributed by atoms with Crippen molar-refractivity contribution in [2.45, 2.75) is 26.0 Å². The molecule has 7 heteroatoms. The molecule has 122 valence electrons. The Morgan fingerprint density at radius 2 is 2.00 bits per heavy atom. The molecule has 0 saturated carbocycles. The second-order valence-electron chi connectivity index (χ2n) is 6.06. The van der Waals surface area contributed by atoms with Gasteiger partial charge in [0.2, 0.25) is 0 Å². The molecule has 0 bridgehead atoms. The first-order valence-corrected chi connectivity index (χ1v) is 7.29. The third-order valence-electron chi connectivity index (χ3n) is 3.43. The average Bonchev–Trinajstić information content (AvgIpc) is 2.83. The fourth-order valence-corrected chi connectivity index (χ4v) is 2.59. The molecule has 0 aliphatic heterocycles. The number of imidazole rings is 1. The van der Waals surface area contributed by atoms with Crippen LogP contribution in [0.1, 0.15) is 13.8 Å². The molecule has 0 atom stereocenters. The van der Waals surface area contributed by atoms with E-state index in [1.807, 2.05) is 28.8 Å². The van der Waals surface area contributed by atoms with Gasteiger partial charge in [0.1, 0.15) is 5.52 Å². The van der Waals surface area contributed by atoms with Crippen molar-refractivity contribution in [3.05, 3.63) is 24.3 Å². The molecule has 3 aromatic rings. The lowest BCUT2D eigenvalue weighted by molar-refractivity contribution is 0.0306. The molecule has 0 spiro atoms. The number of nitrogens with zero attached hydrogens (tertiary/aromatic N) is 3. The molecule has 0 fully saturated rings. The number of pyridine rings is 1. The Labute approximate surface area is 133 Å². The minimum Gasteiger partial charge on any atom is -0.437 e. The highest BCUT2D eigenvalue weighted by atomic mass is 16.7. The van der Waals surface area contributed by atoms with Gasteiger partial charge in [0.15, 0.2) is 12.6 Å². The van der Waals surface area contributed by atoms with E-state index in [0.29, 0.717) is 23.9 Å². The van der Waals surface area contributed by atoms with E-state index in [9.17, 15) is 5.11 Å². The lowest BCUT2D eigenvalue weighted by Gasteiger charge is -2.20. The van der Waals surface area contributed by atoms with Crippen LogP contribution in [0.3, 0.4) is 0 Å². The summed E-state index contributed by atoms with van der Waals surface area (Å²) in [6.45, 7) is 3.81. The molecule has 23 heavy (non-hydrogen) atoms. The number of hydrogen-bond acceptors (Lipinski definition) is 6. The number of aliphatic hydroxyl groups is 1. The Bertz CT molecular complexity index is 852. The van der Waals surface area contributed by atoms with E-state index in [0.717, 1.165) is 16.4 Å². The number of nitrogen functional groups attached to an aromatic ring is 1. The first-order valence-electron chi connectivity index (χ1n) is 7.29. The van der Waals surface area contributed by atoms with E-state index in [2.05, 4.69) is 9.97 Å². The van der Waals surface area contributed by atoms with Gasteiger partial charge in [0, 0.05) is 12.5 Å². The molecule has 0 amide bonds. The third kappa shape index (κ3) is 2.93. The number of ether oxygens (including phenoxy) is 2. The van der Waals surface area contributed by atoms with Gasteiger partial charge in [-0.3, -0.25) is 4.57 Å². The SMILES string of the molecule is COCOc1nc2c(N)nc3ccccc3c2n1CC(C)(C)O. The van der Waals surface area contributed by atoms with Crippen LogP contribution in [0.15, 0.2) is 24.3 Å². The van der Waals surface area contributed by atoms with Gasteiger partial charge in [-0.2, -0.15) is 4.98 Å². The van der Waals surface area contributed by atoms with Gasteiger partial charge in [-0.15, -0.1) is 0 Å². The zero-order chi connectivity index (χ0) is 16.6. The Hall–Kier alpha value is -2.38. The summed E-state index contributed by atoms with van der Waals surface area (Å²) in [7, 11) is 1.54. The first-order chi connectivity index (χ1) is 10.9. The van der Waals surface area contributed by atoms with Crippen molar-refractivity contribution < 1.29 is 14.6 Å². The molecule has 7 nitrogen and oxygen atoms in total. The van der Waals surface area contributed by atoms with Crippen LogP contribution in [0.2, 0.25) is 0 Å².